The molecule has 0 atom stereocenters. The average molecular weight is 393 g/mol. The molecule has 0 unspecified atom stereocenters. The van der Waals surface area contributed by atoms with E-state index in [2.05, 4.69) is 39.1 Å². The lowest BCUT2D eigenvalue weighted by Gasteiger charge is -2.36. The standard InChI is InChI=1S/C22H24N4OS/c27-22(26-14-12-25(13-15-26)20-7-2-1-3-8-20)16-19-17-28-21(24-19)10-9-18-6-4-5-11-23-18/h1-8,11,17H,9-10,12-16H2. The lowest BCUT2D eigenvalue weighted by molar-refractivity contribution is -0.130. The molecule has 1 aromatic carbocycles. The molecule has 1 aliphatic heterocycles. The minimum atomic E-state index is 0.175. The molecular formula is C22H24N4OS. The van der Waals surface area contributed by atoms with Gasteiger partial charge in [-0.25, -0.2) is 4.98 Å². The van der Waals surface area contributed by atoms with Gasteiger partial charge in [0.25, 0.3) is 0 Å². The number of thiazole rings is 1. The number of benzene rings is 1. The van der Waals surface area contributed by atoms with Gasteiger partial charge in [-0.1, -0.05) is 24.3 Å². The van der Waals surface area contributed by atoms with Gasteiger partial charge in [0.1, 0.15) is 0 Å². The smallest absolute Gasteiger partial charge is 0.228 e. The Labute approximate surface area is 169 Å². The number of carbonyl (C=O) groups is 1. The molecule has 5 nitrogen and oxygen atoms in total. The van der Waals surface area contributed by atoms with Gasteiger partial charge in [-0.15, -0.1) is 11.3 Å². The van der Waals surface area contributed by atoms with Gasteiger partial charge in [0.2, 0.25) is 5.91 Å². The van der Waals surface area contributed by atoms with Gasteiger partial charge in [0, 0.05) is 55.6 Å². The van der Waals surface area contributed by atoms with Crippen LogP contribution in [0.4, 0.5) is 5.69 Å². The molecule has 0 aliphatic carbocycles. The fraction of sp³-hybridized carbons (Fsp3) is 0.318. The van der Waals surface area contributed by atoms with E-state index in [0.717, 1.165) is 55.4 Å². The zero-order chi connectivity index (χ0) is 19.2. The van der Waals surface area contributed by atoms with E-state index in [0.29, 0.717) is 6.42 Å². The number of pyridine rings is 1. The van der Waals surface area contributed by atoms with E-state index in [9.17, 15) is 4.79 Å². The van der Waals surface area contributed by atoms with Gasteiger partial charge in [0.05, 0.1) is 17.1 Å². The molecule has 0 saturated carbocycles. The van der Waals surface area contributed by atoms with Crippen LogP contribution < -0.4 is 4.90 Å². The predicted octanol–water partition coefficient (Wildman–Crippen LogP) is 3.21. The molecule has 1 amide bonds. The van der Waals surface area contributed by atoms with E-state index in [1.807, 2.05) is 40.7 Å². The van der Waals surface area contributed by atoms with Crippen LogP contribution in [0, 0.1) is 0 Å². The Morgan fingerprint density at radius 3 is 2.46 bits per heavy atom. The number of para-hydroxylation sites is 1. The fourth-order valence-electron chi connectivity index (χ4n) is 3.45. The number of aromatic nitrogens is 2. The summed E-state index contributed by atoms with van der Waals surface area (Å²) in [6.45, 7) is 3.29. The lowest BCUT2D eigenvalue weighted by atomic mass is 10.2. The van der Waals surface area contributed by atoms with E-state index >= 15 is 0 Å². The summed E-state index contributed by atoms with van der Waals surface area (Å²) in [5, 5.41) is 3.09. The molecule has 1 fully saturated rings. The predicted molar refractivity (Wildman–Crippen MR) is 113 cm³/mol. The zero-order valence-electron chi connectivity index (χ0n) is 15.8. The number of aryl methyl sites for hydroxylation is 2. The number of rotatable bonds is 6. The van der Waals surface area contributed by atoms with Gasteiger partial charge in [-0.2, -0.15) is 0 Å². The molecule has 1 saturated heterocycles. The summed E-state index contributed by atoms with van der Waals surface area (Å²) in [6.07, 6.45) is 3.96. The monoisotopic (exact) mass is 392 g/mol. The van der Waals surface area contributed by atoms with Gasteiger partial charge < -0.3 is 9.80 Å². The van der Waals surface area contributed by atoms with E-state index in [1.54, 1.807) is 11.3 Å². The molecule has 1 aliphatic rings. The summed E-state index contributed by atoms with van der Waals surface area (Å²) < 4.78 is 0. The Hall–Kier alpha value is -2.73. The highest BCUT2D eigenvalue weighted by Gasteiger charge is 2.22. The minimum absolute atomic E-state index is 0.175. The van der Waals surface area contributed by atoms with Crippen LogP contribution in [0.5, 0.6) is 0 Å². The molecule has 4 rings (SSSR count). The maximum absolute atomic E-state index is 12.7. The average Bonchev–Trinajstić information content (AvgIpc) is 3.21. The number of anilines is 1. The van der Waals surface area contributed by atoms with E-state index in [-0.39, 0.29) is 5.91 Å². The third-order valence-corrected chi connectivity index (χ3v) is 5.96. The highest BCUT2D eigenvalue weighted by atomic mass is 32.1. The summed E-state index contributed by atoms with van der Waals surface area (Å²) in [4.78, 5) is 26.0. The summed E-state index contributed by atoms with van der Waals surface area (Å²) in [5.74, 6) is 0.175. The normalized spacial score (nSPS) is 14.3. The van der Waals surface area contributed by atoms with Crippen LogP contribution in [0.25, 0.3) is 0 Å². The van der Waals surface area contributed by atoms with E-state index < -0.39 is 0 Å². The molecule has 0 bridgehead atoms. The first kappa shape index (κ1) is 18.6. The highest BCUT2D eigenvalue weighted by Crippen LogP contribution is 2.17. The first-order chi connectivity index (χ1) is 13.8. The van der Waals surface area contributed by atoms with Crippen LogP contribution in [0.1, 0.15) is 16.4 Å². The van der Waals surface area contributed by atoms with Crippen LogP contribution in [0.2, 0.25) is 0 Å². The van der Waals surface area contributed by atoms with Crippen molar-refractivity contribution in [3.05, 3.63) is 76.5 Å². The molecule has 0 N–H and O–H groups in total. The quantitative estimate of drug-likeness (QED) is 0.646. The van der Waals surface area contributed by atoms with Gasteiger partial charge in [-0.05, 0) is 30.7 Å². The van der Waals surface area contributed by atoms with Crippen molar-refractivity contribution >= 4 is 22.9 Å². The first-order valence-electron chi connectivity index (χ1n) is 9.69. The second-order valence-corrected chi connectivity index (χ2v) is 7.88. The Morgan fingerprint density at radius 2 is 1.71 bits per heavy atom. The molecular weight excluding hydrogens is 368 g/mol. The summed E-state index contributed by atoms with van der Waals surface area (Å²) in [6, 6.07) is 16.4. The number of hydrogen-bond donors (Lipinski definition) is 0. The third-order valence-electron chi connectivity index (χ3n) is 5.01. The van der Waals surface area contributed by atoms with Crippen molar-refractivity contribution in [1.29, 1.82) is 0 Å². The van der Waals surface area contributed by atoms with Crippen molar-refractivity contribution in [3.63, 3.8) is 0 Å². The Kier molecular flexibility index (Phi) is 5.97. The SMILES string of the molecule is O=C(Cc1csc(CCc2ccccn2)n1)N1CCN(c2ccccc2)CC1. The van der Waals surface area contributed by atoms with Gasteiger partial charge >= 0.3 is 0 Å². The summed E-state index contributed by atoms with van der Waals surface area (Å²) >= 11 is 1.64. The topological polar surface area (TPSA) is 49.3 Å². The fourth-order valence-corrected chi connectivity index (χ4v) is 4.24. The molecule has 0 spiro atoms. The van der Waals surface area contributed by atoms with Gasteiger partial charge in [0.15, 0.2) is 0 Å². The van der Waals surface area contributed by atoms with Crippen molar-refractivity contribution in [2.45, 2.75) is 19.3 Å². The van der Waals surface area contributed by atoms with E-state index in [1.165, 1.54) is 5.69 Å². The first-order valence-corrected chi connectivity index (χ1v) is 10.6. The number of carbonyl (C=O) groups excluding carboxylic acids is 1. The van der Waals surface area contributed by atoms with Crippen LogP contribution in [-0.4, -0.2) is 47.0 Å². The molecule has 3 heterocycles. The molecule has 3 aromatic rings. The molecule has 0 radical (unpaired) electrons. The van der Waals surface area contributed by atoms with Crippen molar-refractivity contribution in [2.24, 2.45) is 0 Å². The maximum Gasteiger partial charge on any atom is 0.228 e. The molecule has 28 heavy (non-hydrogen) atoms. The van der Waals surface area contributed by atoms with Crippen molar-refractivity contribution in [1.82, 2.24) is 14.9 Å². The number of piperazine rings is 1. The second-order valence-electron chi connectivity index (χ2n) is 6.93. The van der Waals surface area contributed by atoms with Crippen molar-refractivity contribution in [2.75, 3.05) is 31.1 Å². The van der Waals surface area contributed by atoms with Crippen LogP contribution in [0.15, 0.2) is 60.1 Å². The third kappa shape index (κ3) is 4.75. The van der Waals surface area contributed by atoms with Crippen molar-refractivity contribution < 1.29 is 4.79 Å². The minimum Gasteiger partial charge on any atom is -0.368 e. The number of nitrogens with zero attached hydrogens (tertiary/aromatic N) is 4. The largest absolute Gasteiger partial charge is 0.368 e. The Balaban J connectivity index is 1.26. The highest BCUT2D eigenvalue weighted by molar-refractivity contribution is 7.09. The van der Waals surface area contributed by atoms with Crippen molar-refractivity contribution in [3.8, 4) is 0 Å². The summed E-state index contributed by atoms with van der Waals surface area (Å²) in [7, 11) is 0. The maximum atomic E-state index is 12.7. The van der Waals surface area contributed by atoms with Gasteiger partial charge in [-0.3, -0.25) is 9.78 Å². The molecule has 6 heteroatoms. The Bertz CT molecular complexity index is 889. The number of hydrogen-bond acceptors (Lipinski definition) is 5. The second kappa shape index (κ2) is 8.97. The lowest BCUT2D eigenvalue weighted by Crippen LogP contribution is -2.49. The summed E-state index contributed by atoms with van der Waals surface area (Å²) in [5.41, 5.74) is 3.19. The van der Waals surface area contributed by atoms with Crippen LogP contribution in [-0.2, 0) is 24.1 Å². The Morgan fingerprint density at radius 1 is 0.929 bits per heavy atom. The molecule has 2 aromatic heterocycles. The van der Waals surface area contributed by atoms with E-state index in [4.69, 9.17) is 0 Å². The van der Waals surface area contributed by atoms with Crippen LogP contribution >= 0.6 is 11.3 Å². The van der Waals surface area contributed by atoms with Crippen LogP contribution in [0.3, 0.4) is 0 Å². The number of amides is 1. The zero-order valence-corrected chi connectivity index (χ0v) is 16.6. The molecule has 144 valence electrons.